The number of sulfonamides is 1. The van der Waals surface area contributed by atoms with Gasteiger partial charge in [0.2, 0.25) is 5.91 Å². The van der Waals surface area contributed by atoms with E-state index in [9.17, 15) is 18.0 Å². The van der Waals surface area contributed by atoms with Gasteiger partial charge in [0.25, 0.3) is 15.9 Å². The maximum atomic E-state index is 13.1. The lowest BCUT2D eigenvalue weighted by Gasteiger charge is -2.34. The van der Waals surface area contributed by atoms with Crippen molar-refractivity contribution >= 4 is 38.9 Å². The summed E-state index contributed by atoms with van der Waals surface area (Å²) in [7, 11) is -2.36. The van der Waals surface area contributed by atoms with E-state index in [0.29, 0.717) is 22.8 Å². The monoisotopic (exact) mass is 480 g/mol. The molecule has 1 atom stereocenters. The molecule has 10 heteroatoms. The molecule has 4 rings (SSSR count). The van der Waals surface area contributed by atoms with Crippen molar-refractivity contribution in [3.8, 4) is 5.75 Å². The number of carbonyl (C=O) groups is 2. The number of anilines is 3. The van der Waals surface area contributed by atoms with Crippen molar-refractivity contribution in [2.75, 3.05) is 34.7 Å². The number of fused-ring (bicyclic) bond motifs is 1. The Morgan fingerprint density at radius 1 is 1.06 bits per heavy atom. The summed E-state index contributed by atoms with van der Waals surface area (Å²) in [4.78, 5) is 26.2. The van der Waals surface area contributed by atoms with Crippen LogP contribution in [0, 0.1) is 0 Å². The maximum absolute atomic E-state index is 13.1. The van der Waals surface area contributed by atoms with Crippen LogP contribution in [0.4, 0.5) is 17.1 Å². The van der Waals surface area contributed by atoms with Gasteiger partial charge in [-0.3, -0.25) is 13.9 Å². The molecule has 34 heavy (non-hydrogen) atoms. The molecule has 3 aromatic rings. The summed E-state index contributed by atoms with van der Waals surface area (Å²) in [6.07, 6.45) is -0.885. The third kappa shape index (κ3) is 4.81. The predicted octanol–water partition coefficient (Wildman–Crippen LogP) is 2.20. The van der Waals surface area contributed by atoms with Gasteiger partial charge in [0.1, 0.15) is 5.75 Å². The van der Waals surface area contributed by atoms with Crippen LogP contribution in [-0.4, -0.2) is 46.5 Å². The molecule has 0 bridgehead atoms. The van der Waals surface area contributed by atoms with Crippen molar-refractivity contribution in [2.24, 2.45) is 5.73 Å². The van der Waals surface area contributed by atoms with E-state index in [-0.39, 0.29) is 23.9 Å². The Labute approximate surface area is 197 Å². The summed E-state index contributed by atoms with van der Waals surface area (Å²) in [5.41, 5.74) is 6.93. The second kappa shape index (κ2) is 9.44. The van der Waals surface area contributed by atoms with E-state index in [2.05, 4.69) is 5.32 Å². The van der Waals surface area contributed by atoms with Gasteiger partial charge in [-0.05, 0) is 42.5 Å². The van der Waals surface area contributed by atoms with E-state index in [4.69, 9.17) is 10.5 Å². The largest absolute Gasteiger partial charge is 0.477 e. The van der Waals surface area contributed by atoms with Crippen molar-refractivity contribution < 1.29 is 22.7 Å². The van der Waals surface area contributed by atoms with Gasteiger partial charge in [-0.1, -0.05) is 36.4 Å². The first kappa shape index (κ1) is 23.1. The minimum Gasteiger partial charge on any atom is -0.477 e. The molecule has 3 N–H and O–H groups in total. The number of nitrogens with two attached hydrogens (primary N) is 1. The SMILES string of the molecule is CN(c1ccccc1)S(=O)(=O)c1cccc(NC(=O)CN2CC(C(N)=O)Oc3ccccc32)c1. The summed E-state index contributed by atoms with van der Waals surface area (Å²) in [6.45, 7) is 0.0428. The van der Waals surface area contributed by atoms with Crippen LogP contribution in [0.15, 0.2) is 83.8 Å². The molecule has 0 saturated heterocycles. The zero-order chi connectivity index (χ0) is 24.3. The first-order valence-corrected chi connectivity index (χ1v) is 11.9. The summed E-state index contributed by atoms with van der Waals surface area (Å²) in [6, 6.07) is 21.8. The molecule has 1 heterocycles. The maximum Gasteiger partial charge on any atom is 0.264 e. The van der Waals surface area contributed by atoms with Gasteiger partial charge in [-0.15, -0.1) is 0 Å². The van der Waals surface area contributed by atoms with Gasteiger partial charge in [-0.2, -0.15) is 0 Å². The summed E-state index contributed by atoms with van der Waals surface area (Å²) in [5.74, 6) is -0.548. The summed E-state index contributed by atoms with van der Waals surface area (Å²) < 4.78 is 32.9. The van der Waals surface area contributed by atoms with E-state index in [1.165, 1.54) is 23.5 Å². The molecule has 0 aromatic heterocycles. The smallest absolute Gasteiger partial charge is 0.264 e. The van der Waals surface area contributed by atoms with Gasteiger partial charge in [0.15, 0.2) is 6.10 Å². The van der Waals surface area contributed by atoms with Crippen LogP contribution in [0.1, 0.15) is 0 Å². The standard InChI is InChI=1S/C24H24N4O5S/c1-27(18-9-3-2-4-10-18)34(31,32)19-11-7-8-17(14-19)26-23(29)16-28-15-22(24(25)30)33-21-13-6-5-12-20(21)28/h2-14,22H,15-16H2,1H3,(H2,25,30)(H,26,29). The zero-order valence-electron chi connectivity index (χ0n) is 18.4. The van der Waals surface area contributed by atoms with E-state index in [1.54, 1.807) is 71.6 Å². The van der Waals surface area contributed by atoms with Crippen molar-refractivity contribution in [3.63, 3.8) is 0 Å². The highest BCUT2D eigenvalue weighted by atomic mass is 32.2. The molecule has 0 spiro atoms. The highest BCUT2D eigenvalue weighted by molar-refractivity contribution is 7.92. The number of benzene rings is 3. The number of hydrogen-bond donors (Lipinski definition) is 2. The number of nitrogens with one attached hydrogen (secondary N) is 1. The minimum atomic E-state index is -3.83. The Balaban J connectivity index is 1.50. The molecule has 176 valence electrons. The molecule has 0 radical (unpaired) electrons. The van der Waals surface area contributed by atoms with Crippen molar-refractivity contribution in [1.82, 2.24) is 0 Å². The Kier molecular flexibility index (Phi) is 6.42. The number of carbonyl (C=O) groups excluding carboxylic acids is 2. The number of ether oxygens (including phenoxy) is 1. The van der Waals surface area contributed by atoms with Gasteiger partial charge >= 0.3 is 0 Å². The predicted molar refractivity (Wildman–Crippen MR) is 129 cm³/mol. The molecule has 1 aliphatic heterocycles. The van der Waals surface area contributed by atoms with Gasteiger partial charge in [0.05, 0.1) is 29.4 Å². The highest BCUT2D eigenvalue weighted by Gasteiger charge is 2.30. The molecule has 1 unspecified atom stereocenters. The lowest BCUT2D eigenvalue weighted by Crippen LogP contribution is -2.49. The molecule has 0 fully saturated rings. The average molecular weight is 481 g/mol. The van der Waals surface area contributed by atoms with Crippen molar-refractivity contribution in [1.29, 1.82) is 0 Å². The van der Waals surface area contributed by atoms with Gasteiger partial charge < -0.3 is 20.7 Å². The second-order valence-corrected chi connectivity index (χ2v) is 9.71. The lowest BCUT2D eigenvalue weighted by molar-refractivity contribution is -0.125. The van der Waals surface area contributed by atoms with Crippen LogP contribution in [-0.2, 0) is 19.6 Å². The Morgan fingerprint density at radius 2 is 1.76 bits per heavy atom. The molecular formula is C24H24N4O5S. The fourth-order valence-electron chi connectivity index (χ4n) is 3.65. The number of hydrogen-bond acceptors (Lipinski definition) is 6. The van der Waals surface area contributed by atoms with Crippen LogP contribution >= 0.6 is 0 Å². The molecule has 0 aliphatic carbocycles. The normalized spacial score (nSPS) is 15.1. The fourth-order valence-corrected chi connectivity index (χ4v) is 4.89. The third-order valence-electron chi connectivity index (χ3n) is 5.41. The molecule has 9 nitrogen and oxygen atoms in total. The van der Waals surface area contributed by atoms with Crippen LogP contribution in [0.2, 0.25) is 0 Å². The minimum absolute atomic E-state index is 0.0437. The molecule has 2 amide bonds. The summed E-state index contributed by atoms with van der Waals surface area (Å²) >= 11 is 0. The van der Waals surface area contributed by atoms with Crippen LogP contribution in [0.3, 0.4) is 0 Å². The third-order valence-corrected chi connectivity index (χ3v) is 7.19. The lowest BCUT2D eigenvalue weighted by atomic mass is 10.1. The molecule has 3 aromatic carbocycles. The van der Waals surface area contributed by atoms with Gasteiger partial charge in [-0.25, -0.2) is 8.42 Å². The number of primary amides is 1. The first-order chi connectivity index (χ1) is 16.3. The second-order valence-electron chi connectivity index (χ2n) is 7.74. The van der Waals surface area contributed by atoms with Crippen molar-refractivity contribution in [3.05, 3.63) is 78.9 Å². The topological polar surface area (TPSA) is 122 Å². The van der Waals surface area contributed by atoms with E-state index in [1.807, 2.05) is 0 Å². The number of amides is 2. The first-order valence-electron chi connectivity index (χ1n) is 10.5. The number of para-hydroxylation sites is 3. The molecular weight excluding hydrogens is 456 g/mol. The Hall–Kier alpha value is -4.05. The van der Waals surface area contributed by atoms with Crippen molar-refractivity contribution in [2.45, 2.75) is 11.0 Å². The Bertz CT molecular complexity index is 1310. The van der Waals surface area contributed by atoms with Gasteiger partial charge in [0, 0.05) is 12.7 Å². The number of nitrogens with zero attached hydrogens (tertiary/aromatic N) is 2. The van der Waals surface area contributed by atoms with Crippen LogP contribution in [0.25, 0.3) is 0 Å². The number of rotatable bonds is 7. The molecule has 0 saturated carbocycles. The fraction of sp³-hybridized carbons (Fsp3) is 0.167. The van der Waals surface area contributed by atoms with Crippen LogP contribution < -0.4 is 25.0 Å². The summed E-state index contributed by atoms with van der Waals surface area (Å²) in [5, 5.41) is 2.73. The highest BCUT2D eigenvalue weighted by Crippen LogP contribution is 2.33. The van der Waals surface area contributed by atoms with Crippen LogP contribution in [0.5, 0.6) is 5.75 Å². The Morgan fingerprint density at radius 3 is 2.50 bits per heavy atom. The van der Waals surface area contributed by atoms with E-state index >= 15 is 0 Å². The van der Waals surface area contributed by atoms with E-state index < -0.39 is 22.0 Å². The average Bonchev–Trinajstić information content (AvgIpc) is 2.84. The zero-order valence-corrected chi connectivity index (χ0v) is 19.2. The molecule has 1 aliphatic rings. The van der Waals surface area contributed by atoms with E-state index in [0.717, 1.165) is 0 Å². The quantitative estimate of drug-likeness (QED) is 0.535.